The largest absolute Gasteiger partial charge is 0.494 e. The Kier molecular flexibility index (Phi) is 9.45. The number of amides is 1. The van der Waals surface area contributed by atoms with Gasteiger partial charge >= 0.3 is 0 Å². The highest BCUT2D eigenvalue weighted by Crippen LogP contribution is 2.40. The van der Waals surface area contributed by atoms with Crippen LogP contribution in [0.2, 0.25) is 0 Å². The number of carbonyl (C=O) groups excluding carboxylic acids is 1. The molecule has 1 amide bonds. The lowest BCUT2D eigenvalue weighted by atomic mass is 10.0. The van der Waals surface area contributed by atoms with Gasteiger partial charge in [-0.2, -0.15) is 0 Å². The predicted molar refractivity (Wildman–Crippen MR) is 176 cm³/mol. The van der Waals surface area contributed by atoms with Crippen LogP contribution in [0.3, 0.4) is 0 Å². The number of hydrogen-bond donors (Lipinski definition) is 2. The van der Waals surface area contributed by atoms with Gasteiger partial charge in [-0.15, -0.1) is 0 Å². The summed E-state index contributed by atoms with van der Waals surface area (Å²) in [6, 6.07) is 15.6. The molecule has 0 spiro atoms. The third-order valence-corrected chi connectivity index (χ3v) is 7.97. The maximum absolute atomic E-state index is 13.7. The van der Waals surface area contributed by atoms with Crippen LogP contribution in [0.1, 0.15) is 18.0 Å². The number of rotatable bonds is 10. The summed E-state index contributed by atoms with van der Waals surface area (Å²) in [4.78, 5) is 31.7. The van der Waals surface area contributed by atoms with Gasteiger partial charge < -0.3 is 29.9 Å². The van der Waals surface area contributed by atoms with E-state index in [0.717, 1.165) is 55.6 Å². The van der Waals surface area contributed by atoms with Crippen molar-refractivity contribution in [3.8, 4) is 17.2 Å². The van der Waals surface area contributed by atoms with Crippen LogP contribution in [-0.2, 0) is 9.63 Å². The fourth-order valence-corrected chi connectivity index (χ4v) is 5.61. The summed E-state index contributed by atoms with van der Waals surface area (Å²) in [5, 5.41) is 7.95. The molecule has 4 aromatic rings. The van der Waals surface area contributed by atoms with Crippen molar-refractivity contribution < 1.29 is 27.9 Å². The average molecular weight is 644 g/mol. The molecule has 13 heteroatoms. The Morgan fingerprint density at radius 3 is 2.53 bits per heavy atom. The molecule has 3 heterocycles. The molecule has 0 bridgehead atoms. The topological polar surface area (TPSA) is 104 Å². The van der Waals surface area contributed by atoms with Gasteiger partial charge in [-0.3, -0.25) is 9.63 Å². The molecule has 1 atom stereocenters. The van der Waals surface area contributed by atoms with Crippen molar-refractivity contribution in [1.29, 1.82) is 0 Å². The monoisotopic (exact) mass is 643 g/mol. The number of aromatic nitrogens is 2. The second-order valence-electron chi connectivity index (χ2n) is 11.2. The van der Waals surface area contributed by atoms with Crippen molar-refractivity contribution in [2.24, 2.45) is 0 Å². The van der Waals surface area contributed by atoms with Crippen molar-refractivity contribution >= 4 is 34.6 Å². The summed E-state index contributed by atoms with van der Waals surface area (Å²) < 4.78 is 38.9. The van der Waals surface area contributed by atoms with Gasteiger partial charge in [0.05, 0.1) is 36.8 Å². The molecule has 0 aliphatic carbocycles. The number of halogens is 2. The number of hydroxylamine groups is 1. The second-order valence-corrected chi connectivity index (χ2v) is 11.2. The van der Waals surface area contributed by atoms with Gasteiger partial charge in [-0.1, -0.05) is 18.7 Å². The lowest BCUT2D eigenvalue weighted by Gasteiger charge is -2.35. The molecule has 2 fully saturated rings. The number of benzene rings is 3. The Bertz CT molecular complexity index is 1750. The van der Waals surface area contributed by atoms with Gasteiger partial charge in [0.15, 0.2) is 5.82 Å². The highest BCUT2D eigenvalue weighted by atomic mass is 19.1. The zero-order valence-electron chi connectivity index (χ0n) is 26.1. The normalized spacial score (nSPS) is 16.6. The Morgan fingerprint density at radius 1 is 1.00 bits per heavy atom. The van der Waals surface area contributed by atoms with E-state index in [2.05, 4.69) is 44.0 Å². The van der Waals surface area contributed by atoms with E-state index >= 15 is 0 Å². The summed E-state index contributed by atoms with van der Waals surface area (Å²) in [6.45, 7) is 7.43. The number of carbonyl (C=O) groups is 1. The maximum Gasteiger partial charge on any atom is 0.247 e. The third kappa shape index (κ3) is 7.42. The van der Waals surface area contributed by atoms with Gasteiger partial charge in [0.1, 0.15) is 41.0 Å². The summed E-state index contributed by atoms with van der Waals surface area (Å²) in [7, 11) is 3.67. The molecule has 2 saturated heterocycles. The summed E-state index contributed by atoms with van der Waals surface area (Å²) in [5.74, 6) is 0.275. The Balaban J connectivity index is 1.24. The van der Waals surface area contributed by atoms with Crippen molar-refractivity contribution in [3.63, 3.8) is 0 Å². The molecule has 2 aliphatic rings. The molecule has 244 valence electrons. The van der Waals surface area contributed by atoms with E-state index in [9.17, 15) is 13.6 Å². The summed E-state index contributed by atoms with van der Waals surface area (Å²) >= 11 is 0. The van der Waals surface area contributed by atoms with Crippen LogP contribution in [0, 0.1) is 11.6 Å². The van der Waals surface area contributed by atoms with Gasteiger partial charge in [0.25, 0.3) is 0 Å². The molecule has 6 rings (SSSR count). The predicted octanol–water partition coefficient (Wildman–Crippen LogP) is 6.06. The van der Waals surface area contributed by atoms with E-state index < -0.39 is 11.6 Å². The van der Waals surface area contributed by atoms with Crippen LogP contribution in [0.25, 0.3) is 0 Å². The minimum absolute atomic E-state index is 0.0601. The molecule has 0 saturated carbocycles. The van der Waals surface area contributed by atoms with Crippen molar-refractivity contribution in [2.75, 3.05) is 67.5 Å². The fourth-order valence-electron chi connectivity index (χ4n) is 5.61. The smallest absolute Gasteiger partial charge is 0.247 e. The molecule has 1 aromatic heterocycles. The first-order chi connectivity index (χ1) is 22.8. The molecule has 0 radical (unpaired) electrons. The van der Waals surface area contributed by atoms with Crippen molar-refractivity contribution in [1.82, 2.24) is 14.9 Å². The van der Waals surface area contributed by atoms with Gasteiger partial charge in [0, 0.05) is 62.9 Å². The lowest BCUT2D eigenvalue weighted by molar-refractivity contribution is -0.111. The fraction of sp³-hybridized carbons (Fsp3) is 0.265. The standard InChI is InChI=1S/C34H35F2N7O4/c1-4-34(44)40-27-18-28(31(45-3)19-30(27)42-11-9-41(2)10-12-42)39-32-20-33(38-21-37-32)43-29(8-13-46-43)22-6-5-7-25(14-22)47-26-16-23(35)15-24(36)17-26/h4-7,14-21,29H,1,8-13H2,2-3H3,(H,40,44)(H,37,38,39). The third-order valence-electron chi connectivity index (χ3n) is 7.97. The van der Waals surface area contributed by atoms with E-state index in [-0.39, 0.29) is 17.7 Å². The van der Waals surface area contributed by atoms with Gasteiger partial charge in [0.2, 0.25) is 5.91 Å². The molecular formula is C34H35F2N7O4. The highest BCUT2D eigenvalue weighted by Gasteiger charge is 2.30. The molecular weight excluding hydrogens is 608 g/mol. The first kappa shape index (κ1) is 31.7. The number of nitrogens with one attached hydrogen (secondary N) is 2. The van der Waals surface area contributed by atoms with Crippen LogP contribution in [0.4, 0.5) is 37.5 Å². The minimum atomic E-state index is -0.721. The van der Waals surface area contributed by atoms with Crippen LogP contribution >= 0.6 is 0 Å². The van der Waals surface area contributed by atoms with Crippen LogP contribution in [0.5, 0.6) is 17.2 Å². The first-order valence-corrected chi connectivity index (χ1v) is 15.1. The Hall–Kier alpha value is -5.27. The van der Waals surface area contributed by atoms with Crippen LogP contribution in [-0.4, -0.2) is 67.7 Å². The van der Waals surface area contributed by atoms with Crippen molar-refractivity contribution in [3.05, 3.63) is 96.8 Å². The molecule has 47 heavy (non-hydrogen) atoms. The van der Waals surface area contributed by atoms with E-state index in [1.165, 1.54) is 12.4 Å². The molecule has 1 unspecified atom stereocenters. The number of hydrogen-bond acceptors (Lipinski definition) is 10. The molecule has 11 nitrogen and oxygen atoms in total. The van der Waals surface area contributed by atoms with E-state index in [1.807, 2.05) is 24.3 Å². The molecule has 2 N–H and O–H groups in total. The lowest BCUT2D eigenvalue weighted by Crippen LogP contribution is -2.44. The number of ether oxygens (including phenoxy) is 2. The van der Waals surface area contributed by atoms with Crippen LogP contribution in [0.15, 0.2) is 79.6 Å². The SMILES string of the molecule is C=CC(=O)Nc1cc(Nc2cc(N3OCCC3c3cccc(Oc4cc(F)cc(F)c4)c3)ncn2)c(OC)cc1N1CCN(C)CC1. The van der Waals surface area contributed by atoms with Gasteiger partial charge in [-0.05, 0) is 36.9 Å². The highest BCUT2D eigenvalue weighted by molar-refractivity contribution is 6.02. The van der Waals surface area contributed by atoms with E-state index in [0.29, 0.717) is 47.5 Å². The Morgan fingerprint density at radius 2 is 1.79 bits per heavy atom. The zero-order valence-corrected chi connectivity index (χ0v) is 26.1. The maximum atomic E-state index is 13.7. The molecule has 3 aromatic carbocycles. The van der Waals surface area contributed by atoms with Gasteiger partial charge in [-0.25, -0.2) is 23.8 Å². The number of likely N-dealkylation sites (N-methyl/N-ethyl adjacent to an activating group) is 1. The minimum Gasteiger partial charge on any atom is -0.494 e. The summed E-state index contributed by atoms with van der Waals surface area (Å²) in [6.07, 6.45) is 3.33. The number of methoxy groups -OCH3 is 1. The zero-order chi connectivity index (χ0) is 32.9. The molecule has 2 aliphatic heterocycles. The second kappa shape index (κ2) is 14.0. The van der Waals surface area contributed by atoms with Crippen molar-refractivity contribution in [2.45, 2.75) is 12.5 Å². The number of piperazine rings is 1. The van der Waals surface area contributed by atoms with Crippen LogP contribution < -0.4 is 30.1 Å². The van der Waals surface area contributed by atoms with E-state index in [1.54, 1.807) is 30.4 Å². The number of anilines is 5. The Labute approximate surface area is 271 Å². The number of nitrogens with zero attached hydrogens (tertiary/aromatic N) is 5. The van der Waals surface area contributed by atoms with E-state index in [4.69, 9.17) is 14.3 Å². The quantitative estimate of drug-likeness (QED) is 0.198. The average Bonchev–Trinajstić information content (AvgIpc) is 3.56. The summed E-state index contributed by atoms with van der Waals surface area (Å²) in [5.41, 5.74) is 2.92. The first-order valence-electron chi connectivity index (χ1n) is 15.1.